The Kier molecular flexibility index (Phi) is 5.83. The summed E-state index contributed by atoms with van der Waals surface area (Å²) in [5, 5.41) is 12.2. The molecule has 4 heteroatoms. The molecule has 1 aliphatic heterocycles. The molecule has 0 radical (unpaired) electrons. The number of nitrogens with zero attached hydrogens (tertiary/aromatic N) is 3. The fourth-order valence-electron chi connectivity index (χ4n) is 5.92. The second-order valence-electron chi connectivity index (χ2n) is 9.81. The number of piperidine rings is 1. The van der Waals surface area contributed by atoms with Gasteiger partial charge < -0.3 is 10.0 Å². The first-order valence-corrected chi connectivity index (χ1v) is 12.8. The minimum atomic E-state index is -1.01. The van der Waals surface area contributed by atoms with E-state index in [1.54, 1.807) is 0 Å². The molecule has 3 aromatic carbocycles. The Hall–Kier alpha value is -3.50. The summed E-state index contributed by atoms with van der Waals surface area (Å²) < 4.78 is 0. The zero-order chi connectivity index (χ0) is 23.7. The Morgan fingerprint density at radius 3 is 2.03 bits per heavy atom. The lowest BCUT2D eigenvalue weighted by molar-refractivity contribution is 0.00494. The predicted octanol–water partition coefficient (Wildman–Crippen LogP) is 5.78. The number of rotatable bonds is 4. The van der Waals surface area contributed by atoms with E-state index in [-0.39, 0.29) is 5.92 Å². The quantitative estimate of drug-likeness (QED) is 0.418. The molecule has 6 rings (SSSR count). The van der Waals surface area contributed by atoms with E-state index in [1.807, 2.05) is 66.9 Å². The van der Waals surface area contributed by atoms with Crippen molar-refractivity contribution in [3.05, 3.63) is 113 Å². The maximum Gasteiger partial charge on any atom is 0.225 e. The molecule has 0 unspecified atom stereocenters. The minimum Gasteiger partial charge on any atom is -0.380 e. The lowest BCUT2D eigenvalue weighted by atomic mass is 9.72. The van der Waals surface area contributed by atoms with Gasteiger partial charge in [0.25, 0.3) is 0 Å². The second-order valence-corrected chi connectivity index (χ2v) is 9.81. The lowest BCUT2D eigenvalue weighted by Gasteiger charge is -2.42. The van der Waals surface area contributed by atoms with Gasteiger partial charge in [0, 0.05) is 24.8 Å². The summed E-state index contributed by atoms with van der Waals surface area (Å²) in [6.07, 6.45) is 7.03. The number of anilines is 1. The molecule has 2 heterocycles. The van der Waals surface area contributed by atoms with E-state index in [0.29, 0.717) is 0 Å². The molecule has 0 amide bonds. The van der Waals surface area contributed by atoms with E-state index in [0.717, 1.165) is 68.0 Å². The van der Waals surface area contributed by atoms with Crippen LogP contribution < -0.4 is 4.90 Å². The smallest absolute Gasteiger partial charge is 0.225 e. The molecule has 2 aliphatic rings. The summed E-state index contributed by atoms with van der Waals surface area (Å²) in [6, 6.07) is 28.9. The van der Waals surface area contributed by atoms with E-state index in [9.17, 15) is 5.11 Å². The number of aliphatic hydroxyl groups is 1. The van der Waals surface area contributed by atoms with Crippen LogP contribution in [0.25, 0.3) is 11.3 Å². The van der Waals surface area contributed by atoms with Crippen molar-refractivity contribution >= 4 is 5.95 Å². The topological polar surface area (TPSA) is 49.2 Å². The molecule has 1 fully saturated rings. The average molecular weight is 462 g/mol. The van der Waals surface area contributed by atoms with Crippen molar-refractivity contribution < 1.29 is 5.11 Å². The van der Waals surface area contributed by atoms with Gasteiger partial charge in [-0.05, 0) is 60.3 Å². The maximum absolute atomic E-state index is 12.2. The molecule has 176 valence electrons. The third kappa shape index (κ3) is 4.02. The van der Waals surface area contributed by atoms with Gasteiger partial charge in [-0.1, -0.05) is 84.9 Å². The zero-order valence-corrected chi connectivity index (χ0v) is 20.0. The van der Waals surface area contributed by atoms with Crippen LogP contribution >= 0.6 is 0 Å². The molecule has 4 nitrogen and oxygen atoms in total. The van der Waals surface area contributed by atoms with Gasteiger partial charge in [-0.2, -0.15) is 0 Å². The van der Waals surface area contributed by atoms with Gasteiger partial charge in [0.1, 0.15) is 5.60 Å². The molecule has 0 bridgehead atoms. The number of aromatic nitrogens is 2. The molecule has 0 spiro atoms. The first-order valence-electron chi connectivity index (χ1n) is 12.8. The van der Waals surface area contributed by atoms with Crippen molar-refractivity contribution in [2.75, 3.05) is 18.0 Å². The Morgan fingerprint density at radius 1 is 0.743 bits per heavy atom. The largest absolute Gasteiger partial charge is 0.380 e. The molecule has 0 saturated carbocycles. The molecular weight excluding hydrogens is 430 g/mol. The normalized spacial score (nSPS) is 16.3. The van der Waals surface area contributed by atoms with Crippen LogP contribution in [0.1, 0.15) is 41.5 Å². The average Bonchev–Trinajstić information content (AvgIpc) is 3.13. The van der Waals surface area contributed by atoms with E-state index in [2.05, 4.69) is 29.2 Å². The van der Waals surface area contributed by atoms with Gasteiger partial charge in [0.2, 0.25) is 5.95 Å². The first kappa shape index (κ1) is 22.0. The molecule has 1 N–H and O–H groups in total. The first-order chi connectivity index (χ1) is 17.2. The van der Waals surface area contributed by atoms with Gasteiger partial charge in [0.15, 0.2) is 0 Å². The van der Waals surface area contributed by atoms with Crippen molar-refractivity contribution in [1.82, 2.24) is 9.97 Å². The summed E-state index contributed by atoms with van der Waals surface area (Å²) >= 11 is 0. The van der Waals surface area contributed by atoms with Gasteiger partial charge in [0.05, 0.1) is 5.69 Å². The van der Waals surface area contributed by atoms with E-state index in [1.165, 1.54) is 16.7 Å². The van der Waals surface area contributed by atoms with Crippen molar-refractivity contribution in [1.29, 1.82) is 0 Å². The molecule has 35 heavy (non-hydrogen) atoms. The maximum atomic E-state index is 12.2. The molecule has 0 atom stereocenters. The summed E-state index contributed by atoms with van der Waals surface area (Å²) in [4.78, 5) is 12.2. The second kappa shape index (κ2) is 9.27. The van der Waals surface area contributed by atoms with Crippen molar-refractivity contribution in [3.63, 3.8) is 0 Å². The number of benzene rings is 3. The van der Waals surface area contributed by atoms with E-state index >= 15 is 0 Å². The van der Waals surface area contributed by atoms with Crippen LogP contribution in [0.2, 0.25) is 0 Å². The van der Waals surface area contributed by atoms with Crippen molar-refractivity contribution in [2.24, 2.45) is 5.92 Å². The highest BCUT2D eigenvalue weighted by atomic mass is 16.3. The lowest BCUT2D eigenvalue weighted by Crippen LogP contribution is -2.44. The SMILES string of the molecule is OC(c1ccccc1)(c1ccccc1)C1CCN(c2ncc3c(n2)-c2ccccc2CCC3)CC1. The van der Waals surface area contributed by atoms with E-state index < -0.39 is 5.60 Å². The Bertz CT molecular complexity index is 1260. The van der Waals surface area contributed by atoms with Crippen molar-refractivity contribution in [3.8, 4) is 11.3 Å². The van der Waals surface area contributed by atoms with Gasteiger partial charge in [-0.25, -0.2) is 9.97 Å². The molecule has 1 aliphatic carbocycles. The van der Waals surface area contributed by atoms with Crippen LogP contribution in [-0.2, 0) is 18.4 Å². The highest BCUT2D eigenvalue weighted by Gasteiger charge is 2.41. The predicted molar refractivity (Wildman–Crippen MR) is 140 cm³/mol. The summed E-state index contributed by atoms with van der Waals surface area (Å²) in [7, 11) is 0. The standard InChI is InChI=1S/C31H31N3O/c35-31(25-13-3-1-4-14-25,26-15-5-2-6-16-26)27-18-20-34(21-19-27)30-32-22-24-12-9-11-23-10-7-8-17-28(23)29(24)33-30/h1-8,10,13-17,22,27,35H,9,11-12,18-21H2. The van der Waals surface area contributed by atoms with Crippen molar-refractivity contribution in [2.45, 2.75) is 37.7 Å². The summed E-state index contributed by atoms with van der Waals surface area (Å²) in [5.74, 6) is 0.923. The van der Waals surface area contributed by atoms with E-state index in [4.69, 9.17) is 9.97 Å². The monoisotopic (exact) mass is 461 g/mol. The number of hydrogen-bond donors (Lipinski definition) is 1. The van der Waals surface area contributed by atoms with Crippen LogP contribution in [0, 0.1) is 5.92 Å². The summed E-state index contributed by atoms with van der Waals surface area (Å²) in [5.41, 5.74) is 5.88. The third-order valence-electron chi connectivity index (χ3n) is 7.81. The van der Waals surface area contributed by atoms with Crippen LogP contribution in [0.15, 0.2) is 91.1 Å². The zero-order valence-electron chi connectivity index (χ0n) is 20.0. The van der Waals surface area contributed by atoms with Crippen LogP contribution in [-0.4, -0.2) is 28.2 Å². The Labute approximate surface area is 207 Å². The molecule has 4 aromatic rings. The molecular formula is C31H31N3O. The fraction of sp³-hybridized carbons (Fsp3) is 0.290. The summed E-state index contributed by atoms with van der Waals surface area (Å²) in [6.45, 7) is 1.65. The highest BCUT2D eigenvalue weighted by molar-refractivity contribution is 5.68. The Balaban J connectivity index is 1.28. The van der Waals surface area contributed by atoms with Crippen LogP contribution in [0.3, 0.4) is 0 Å². The fourth-order valence-corrected chi connectivity index (χ4v) is 5.92. The highest BCUT2D eigenvalue weighted by Crippen LogP contribution is 2.42. The van der Waals surface area contributed by atoms with Gasteiger partial charge in [-0.3, -0.25) is 0 Å². The number of fused-ring (bicyclic) bond motifs is 3. The third-order valence-corrected chi connectivity index (χ3v) is 7.81. The number of aryl methyl sites for hydroxylation is 2. The van der Waals surface area contributed by atoms with Gasteiger partial charge >= 0.3 is 0 Å². The van der Waals surface area contributed by atoms with Gasteiger partial charge in [-0.15, -0.1) is 0 Å². The molecule has 1 aromatic heterocycles. The van der Waals surface area contributed by atoms with Crippen LogP contribution in [0.4, 0.5) is 5.95 Å². The van der Waals surface area contributed by atoms with Crippen LogP contribution in [0.5, 0.6) is 0 Å². The minimum absolute atomic E-state index is 0.116. The Morgan fingerprint density at radius 2 is 1.34 bits per heavy atom. The molecule has 1 saturated heterocycles. The number of hydrogen-bond acceptors (Lipinski definition) is 4.